The molecule has 0 amide bonds. The Bertz CT molecular complexity index is 1140. The van der Waals surface area contributed by atoms with Crippen molar-refractivity contribution in [3.8, 4) is 17.1 Å². The first-order chi connectivity index (χ1) is 18.5. The Kier molecular flexibility index (Phi) is 18.3. The third-order valence-corrected chi connectivity index (χ3v) is 4.18. The van der Waals surface area contributed by atoms with E-state index in [0.29, 0.717) is 5.75 Å². The maximum Gasteiger partial charge on any atom is 0.173 e. The lowest BCUT2D eigenvalue weighted by Crippen LogP contribution is -2.07. The zero-order valence-electron chi connectivity index (χ0n) is 24.8. The first-order valence-corrected chi connectivity index (χ1v) is 13.8. The van der Waals surface area contributed by atoms with Crippen LogP contribution in [0.1, 0.15) is 88.5 Å². The number of para-hydroxylation sites is 1. The molecule has 0 atom stereocenters. The molecule has 0 N–H and O–H groups in total. The number of nitrogens with zero attached hydrogens (tertiary/aromatic N) is 6. The number of aromatic nitrogens is 6. The van der Waals surface area contributed by atoms with E-state index in [-0.39, 0.29) is 7.43 Å². The van der Waals surface area contributed by atoms with E-state index in [9.17, 15) is 0 Å². The Balaban J connectivity index is 0.000000961. The van der Waals surface area contributed by atoms with E-state index in [0.717, 1.165) is 33.4 Å². The minimum atomic E-state index is 0. The number of ether oxygens (including phenoxy) is 1. The van der Waals surface area contributed by atoms with Gasteiger partial charge < -0.3 is 4.74 Å². The number of fused-ring (bicyclic) bond motifs is 2. The summed E-state index contributed by atoms with van der Waals surface area (Å²) in [5.74, 6) is 0.605. The van der Waals surface area contributed by atoms with Crippen molar-refractivity contribution in [2.45, 2.75) is 88.5 Å². The van der Waals surface area contributed by atoms with Crippen molar-refractivity contribution in [3.05, 3.63) is 66.7 Å². The van der Waals surface area contributed by atoms with E-state index in [1.807, 2.05) is 66.7 Å². The molecule has 3 aromatic carbocycles. The number of hydrogen-bond donors (Lipinski definition) is 0. The van der Waals surface area contributed by atoms with Crippen molar-refractivity contribution in [1.29, 1.82) is 0 Å². The van der Waals surface area contributed by atoms with Gasteiger partial charge in [-0.25, -0.2) is 0 Å². The van der Waals surface area contributed by atoms with Crippen LogP contribution in [0.3, 0.4) is 0 Å². The second kappa shape index (κ2) is 20.3. The molecule has 0 aliphatic carbocycles. The summed E-state index contributed by atoms with van der Waals surface area (Å²) in [6, 6.07) is 21.2. The molecule has 0 bridgehead atoms. The molecular formula is C32H50N6O. The van der Waals surface area contributed by atoms with Gasteiger partial charge in [-0.1, -0.05) is 119 Å². The van der Waals surface area contributed by atoms with Crippen LogP contribution >= 0.6 is 0 Å². The Morgan fingerprint density at radius 3 is 0.974 bits per heavy atom. The second-order valence-electron chi connectivity index (χ2n) is 8.61. The predicted molar refractivity (Wildman–Crippen MR) is 168 cm³/mol. The zero-order chi connectivity index (χ0) is 28.3. The number of methoxy groups -OCH3 is 1. The standard InChI is InChI=1S/C19H14N6O.4C3H8.CH4/c1-26-19-17(24-20-13-7-2-3-8-14(13)21-24)11-6-12-18(19)25-22-15-9-4-5-10-16(15)23-25;4*1-3-2;/h2-12H,1H3;4*3H2,1-2H3;1H4. The first-order valence-electron chi connectivity index (χ1n) is 13.8. The predicted octanol–water partition coefficient (Wildman–Crippen LogP) is 9.46. The van der Waals surface area contributed by atoms with Crippen molar-refractivity contribution in [3.63, 3.8) is 0 Å². The highest BCUT2D eigenvalue weighted by Gasteiger charge is 2.16. The van der Waals surface area contributed by atoms with Gasteiger partial charge in [0.05, 0.1) is 7.11 Å². The van der Waals surface area contributed by atoms with Gasteiger partial charge >= 0.3 is 0 Å². The van der Waals surface area contributed by atoms with E-state index in [2.05, 4.69) is 75.8 Å². The zero-order valence-corrected chi connectivity index (χ0v) is 24.8. The van der Waals surface area contributed by atoms with E-state index >= 15 is 0 Å². The smallest absolute Gasteiger partial charge is 0.173 e. The van der Waals surface area contributed by atoms with Crippen LogP contribution in [0.25, 0.3) is 33.4 Å². The fraction of sp³-hybridized carbons (Fsp3) is 0.438. The summed E-state index contributed by atoms with van der Waals surface area (Å²) in [7, 11) is 1.62. The molecule has 0 aliphatic rings. The Morgan fingerprint density at radius 2 is 0.744 bits per heavy atom. The van der Waals surface area contributed by atoms with E-state index in [1.54, 1.807) is 16.7 Å². The lowest BCUT2D eigenvalue weighted by atomic mass is 10.2. The summed E-state index contributed by atoms with van der Waals surface area (Å²) in [5, 5.41) is 18.2. The van der Waals surface area contributed by atoms with Crippen LogP contribution in [0.4, 0.5) is 0 Å². The lowest BCUT2D eigenvalue weighted by Gasteiger charge is -2.11. The molecule has 7 nitrogen and oxygen atoms in total. The van der Waals surface area contributed by atoms with Crippen LogP contribution in [-0.2, 0) is 0 Å². The average molecular weight is 535 g/mol. The molecule has 0 unspecified atom stereocenters. The molecule has 7 heteroatoms. The molecule has 0 radical (unpaired) electrons. The van der Waals surface area contributed by atoms with Gasteiger partial charge in [-0.3, -0.25) is 0 Å². The molecule has 214 valence electrons. The van der Waals surface area contributed by atoms with Crippen molar-refractivity contribution >= 4 is 22.1 Å². The quantitative estimate of drug-likeness (QED) is 0.230. The van der Waals surface area contributed by atoms with Gasteiger partial charge in [0.1, 0.15) is 33.4 Å². The fourth-order valence-electron chi connectivity index (χ4n) is 2.97. The van der Waals surface area contributed by atoms with E-state index in [1.165, 1.54) is 25.7 Å². The average Bonchev–Trinajstić information content (AvgIpc) is 3.54. The van der Waals surface area contributed by atoms with Crippen molar-refractivity contribution < 1.29 is 4.74 Å². The molecule has 2 aromatic heterocycles. The SMILES string of the molecule is C.CCC.CCC.CCC.CCC.COc1c(-n2nc3ccccc3n2)cccc1-n1nc2ccccc2n1. The van der Waals surface area contributed by atoms with Crippen LogP contribution in [0, 0.1) is 0 Å². The van der Waals surface area contributed by atoms with Crippen LogP contribution in [0.15, 0.2) is 66.7 Å². The molecule has 5 rings (SSSR count). The third kappa shape index (κ3) is 10.5. The molecule has 5 aromatic rings. The summed E-state index contributed by atoms with van der Waals surface area (Å²) in [5.41, 5.74) is 4.74. The Morgan fingerprint density at radius 1 is 0.487 bits per heavy atom. The van der Waals surface area contributed by atoms with Crippen molar-refractivity contribution in [2.75, 3.05) is 7.11 Å². The minimum Gasteiger partial charge on any atom is -0.492 e. The maximum absolute atomic E-state index is 5.68. The molecule has 0 fully saturated rings. The molecule has 0 saturated heterocycles. The van der Waals surface area contributed by atoms with Gasteiger partial charge in [0, 0.05) is 0 Å². The third-order valence-electron chi connectivity index (χ3n) is 4.18. The lowest BCUT2D eigenvalue weighted by molar-refractivity contribution is 0.405. The fourth-order valence-corrected chi connectivity index (χ4v) is 2.97. The first kappa shape index (κ1) is 35.3. The number of hydrogen-bond acceptors (Lipinski definition) is 5. The molecule has 39 heavy (non-hydrogen) atoms. The van der Waals surface area contributed by atoms with Gasteiger partial charge in [0.2, 0.25) is 0 Å². The highest BCUT2D eigenvalue weighted by atomic mass is 16.5. The van der Waals surface area contributed by atoms with Gasteiger partial charge in [-0.05, 0) is 36.4 Å². The number of rotatable bonds is 3. The number of benzene rings is 3. The van der Waals surface area contributed by atoms with Gasteiger partial charge in [-0.2, -0.15) is 0 Å². The summed E-state index contributed by atoms with van der Waals surface area (Å²) in [6.45, 7) is 17.0. The van der Waals surface area contributed by atoms with E-state index in [4.69, 9.17) is 4.74 Å². The van der Waals surface area contributed by atoms with Gasteiger partial charge in [0.25, 0.3) is 0 Å². The van der Waals surface area contributed by atoms with E-state index < -0.39 is 0 Å². The van der Waals surface area contributed by atoms with Crippen LogP contribution in [-0.4, -0.2) is 37.1 Å². The highest BCUT2D eigenvalue weighted by molar-refractivity contribution is 5.75. The van der Waals surface area contributed by atoms with Gasteiger partial charge in [0.15, 0.2) is 5.75 Å². The summed E-state index contributed by atoms with van der Waals surface area (Å²) >= 11 is 0. The molecule has 0 saturated carbocycles. The second-order valence-corrected chi connectivity index (χ2v) is 8.61. The van der Waals surface area contributed by atoms with Crippen LogP contribution in [0.5, 0.6) is 5.75 Å². The van der Waals surface area contributed by atoms with Gasteiger partial charge in [-0.15, -0.1) is 30.0 Å². The monoisotopic (exact) mass is 534 g/mol. The van der Waals surface area contributed by atoms with Crippen molar-refractivity contribution in [1.82, 2.24) is 30.0 Å². The highest BCUT2D eigenvalue weighted by Crippen LogP contribution is 2.30. The maximum atomic E-state index is 5.68. The summed E-state index contributed by atoms with van der Waals surface area (Å²) < 4.78 is 5.68. The molecule has 2 heterocycles. The minimum absolute atomic E-state index is 0. The molecular weight excluding hydrogens is 484 g/mol. The molecule has 0 spiro atoms. The topological polar surface area (TPSA) is 70.7 Å². The Hall–Kier alpha value is -3.74. The summed E-state index contributed by atoms with van der Waals surface area (Å²) in [4.78, 5) is 3.16. The Labute approximate surface area is 236 Å². The van der Waals surface area contributed by atoms with Crippen LogP contribution in [0.2, 0.25) is 0 Å². The largest absolute Gasteiger partial charge is 0.492 e. The summed E-state index contributed by atoms with van der Waals surface area (Å²) in [6.07, 6.45) is 5.00. The normalized spacial score (nSPS) is 9.36. The van der Waals surface area contributed by atoms with Crippen LogP contribution < -0.4 is 4.74 Å². The van der Waals surface area contributed by atoms with Crippen molar-refractivity contribution in [2.24, 2.45) is 0 Å². The molecule has 0 aliphatic heterocycles.